The molecule has 1 aliphatic heterocycles. The van der Waals surface area contributed by atoms with Gasteiger partial charge in [0.15, 0.2) is 5.65 Å². The molecule has 5 rings (SSSR count). The van der Waals surface area contributed by atoms with E-state index in [1.165, 1.54) is 18.2 Å². The summed E-state index contributed by atoms with van der Waals surface area (Å²) in [6.07, 6.45) is -1.34. The van der Waals surface area contributed by atoms with Gasteiger partial charge in [-0.3, -0.25) is 9.38 Å². The first-order chi connectivity index (χ1) is 14.5. The average Bonchev–Trinajstić information content (AvgIpc) is 3.18. The summed E-state index contributed by atoms with van der Waals surface area (Å²) in [6.45, 7) is 1.36. The number of ether oxygens (including phenoxy) is 2. The summed E-state index contributed by atoms with van der Waals surface area (Å²) >= 11 is 0. The van der Waals surface area contributed by atoms with E-state index in [2.05, 4.69) is 19.9 Å². The van der Waals surface area contributed by atoms with Crippen LogP contribution in [0.25, 0.3) is 27.8 Å². The highest BCUT2D eigenvalue weighted by atomic mass is 19.4. The minimum atomic E-state index is -4.74. The fraction of sp³-hybridized carbons (Fsp3) is 0.286. The standard InChI is InChI=1S/C21H17F3N4O2/c22-21(23,24)30-16-3-1-2-14(10-16)15-4-5-17-18(11-15)28-19(12-25-17)26-27-20(28)13-6-8-29-9-7-13/h1-5,10-13H,6-9H2. The topological polar surface area (TPSA) is 61.5 Å². The van der Waals surface area contributed by atoms with Gasteiger partial charge in [0.25, 0.3) is 0 Å². The Morgan fingerprint density at radius 3 is 2.60 bits per heavy atom. The van der Waals surface area contributed by atoms with Gasteiger partial charge in [-0.05, 0) is 48.2 Å². The molecule has 3 heterocycles. The van der Waals surface area contributed by atoms with Crippen LogP contribution in [0.3, 0.4) is 0 Å². The molecule has 4 aromatic rings. The Balaban J connectivity index is 1.62. The molecule has 2 aromatic heterocycles. The van der Waals surface area contributed by atoms with Crippen LogP contribution in [0.4, 0.5) is 13.2 Å². The number of benzene rings is 2. The second-order valence-corrected chi connectivity index (χ2v) is 7.18. The number of alkyl halides is 3. The minimum absolute atomic E-state index is 0.228. The average molecular weight is 414 g/mol. The number of fused-ring (bicyclic) bond motifs is 3. The molecule has 30 heavy (non-hydrogen) atoms. The molecule has 6 nitrogen and oxygen atoms in total. The highest BCUT2D eigenvalue weighted by molar-refractivity contribution is 5.83. The summed E-state index contributed by atoms with van der Waals surface area (Å²) in [5.41, 5.74) is 3.54. The molecule has 0 radical (unpaired) electrons. The van der Waals surface area contributed by atoms with Crippen LogP contribution in [0.5, 0.6) is 5.75 Å². The van der Waals surface area contributed by atoms with E-state index < -0.39 is 6.36 Å². The summed E-state index contributed by atoms with van der Waals surface area (Å²) in [7, 11) is 0. The van der Waals surface area contributed by atoms with E-state index in [1.807, 2.05) is 22.6 Å². The van der Waals surface area contributed by atoms with E-state index in [0.717, 1.165) is 35.3 Å². The van der Waals surface area contributed by atoms with Crippen LogP contribution in [-0.4, -0.2) is 39.2 Å². The zero-order valence-electron chi connectivity index (χ0n) is 15.8. The van der Waals surface area contributed by atoms with Crippen LogP contribution in [0.15, 0.2) is 48.7 Å². The third-order valence-electron chi connectivity index (χ3n) is 5.24. The fourth-order valence-electron chi connectivity index (χ4n) is 3.85. The first kappa shape index (κ1) is 18.8. The lowest BCUT2D eigenvalue weighted by Gasteiger charge is -2.20. The van der Waals surface area contributed by atoms with Gasteiger partial charge in [-0.15, -0.1) is 23.4 Å². The van der Waals surface area contributed by atoms with Gasteiger partial charge < -0.3 is 9.47 Å². The maximum atomic E-state index is 12.6. The molecule has 0 spiro atoms. The van der Waals surface area contributed by atoms with Crippen LogP contribution >= 0.6 is 0 Å². The van der Waals surface area contributed by atoms with Crippen molar-refractivity contribution in [3.63, 3.8) is 0 Å². The first-order valence-electron chi connectivity index (χ1n) is 9.56. The van der Waals surface area contributed by atoms with E-state index in [9.17, 15) is 13.2 Å². The second kappa shape index (κ2) is 7.24. The lowest BCUT2D eigenvalue weighted by molar-refractivity contribution is -0.274. The Bertz CT molecular complexity index is 1220. The molecule has 2 aromatic carbocycles. The van der Waals surface area contributed by atoms with Crippen LogP contribution in [0.1, 0.15) is 24.6 Å². The SMILES string of the molecule is FC(F)(F)Oc1cccc(-c2ccc3ncc4nnc(C5CCOCC5)n4c3c2)c1. The number of nitrogens with zero attached hydrogens (tertiary/aromatic N) is 4. The van der Waals surface area contributed by atoms with Crippen molar-refractivity contribution in [3.8, 4) is 16.9 Å². The van der Waals surface area contributed by atoms with E-state index in [4.69, 9.17) is 4.74 Å². The van der Waals surface area contributed by atoms with Crippen molar-refractivity contribution in [2.24, 2.45) is 0 Å². The predicted molar refractivity (Wildman–Crippen MR) is 103 cm³/mol. The van der Waals surface area contributed by atoms with E-state index in [1.54, 1.807) is 12.3 Å². The lowest BCUT2D eigenvalue weighted by atomic mass is 9.99. The molecule has 0 bridgehead atoms. The maximum absolute atomic E-state index is 12.6. The van der Waals surface area contributed by atoms with Crippen molar-refractivity contribution in [2.45, 2.75) is 25.1 Å². The molecule has 9 heteroatoms. The molecule has 0 aliphatic carbocycles. The molecule has 154 valence electrons. The molecule has 1 aliphatic rings. The van der Waals surface area contributed by atoms with Crippen molar-refractivity contribution in [1.82, 2.24) is 19.6 Å². The number of aromatic nitrogens is 4. The molecule has 1 fully saturated rings. The highest BCUT2D eigenvalue weighted by Crippen LogP contribution is 2.31. The zero-order chi connectivity index (χ0) is 20.7. The second-order valence-electron chi connectivity index (χ2n) is 7.18. The maximum Gasteiger partial charge on any atom is 0.573 e. The Labute approximate surface area is 169 Å². The smallest absolute Gasteiger partial charge is 0.406 e. The predicted octanol–water partition coefficient (Wildman–Crippen LogP) is 4.74. The van der Waals surface area contributed by atoms with Gasteiger partial charge in [0.05, 0.1) is 17.2 Å². The fourth-order valence-corrected chi connectivity index (χ4v) is 3.85. The number of halogens is 3. The van der Waals surface area contributed by atoms with Crippen molar-refractivity contribution >= 4 is 16.7 Å². The molecular weight excluding hydrogens is 397 g/mol. The summed E-state index contributed by atoms with van der Waals surface area (Å²) in [4.78, 5) is 4.45. The quantitative estimate of drug-likeness (QED) is 0.485. The molecule has 0 unspecified atom stereocenters. The number of rotatable bonds is 3. The Morgan fingerprint density at radius 1 is 1.00 bits per heavy atom. The van der Waals surface area contributed by atoms with E-state index in [-0.39, 0.29) is 11.7 Å². The van der Waals surface area contributed by atoms with E-state index >= 15 is 0 Å². The van der Waals surface area contributed by atoms with Crippen LogP contribution in [-0.2, 0) is 4.74 Å². The number of hydrogen-bond donors (Lipinski definition) is 0. The molecule has 0 N–H and O–H groups in total. The largest absolute Gasteiger partial charge is 0.573 e. The van der Waals surface area contributed by atoms with Crippen molar-refractivity contribution in [1.29, 1.82) is 0 Å². The van der Waals surface area contributed by atoms with E-state index in [0.29, 0.717) is 24.4 Å². The molecule has 0 amide bonds. The zero-order valence-corrected chi connectivity index (χ0v) is 15.8. The van der Waals surface area contributed by atoms with Gasteiger partial charge in [0, 0.05) is 19.1 Å². The van der Waals surface area contributed by atoms with Crippen molar-refractivity contribution in [2.75, 3.05) is 13.2 Å². The van der Waals surface area contributed by atoms with Gasteiger partial charge in [-0.2, -0.15) is 0 Å². The van der Waals surface area contributed by atoms with Gasteiger partial charge in [-0.25, -0.2) is 0 Å². The van der Waals surface area contributed by atoms with Crippen molar-refractivity contribution in [3.05, 3.63) is 54.5 Å². The lowest BCUT2D eigenvalue weighted by Crippen LogP contribution is -2.17. The molecular formula is C21H17F3N4O2. The Kier molecular flexibility index (Phi) is 4.54. The van der Waals surface area contributed by atoms with Gasteiger partial charge in [0.1, 0.15) is 11.6 Å². The van der Waals surface area contributed by atoms with Crippen LogP contribution in [0, 0.1) is 0 Å². The van der Waals surface area contributed by atoms with Gasteiger partial charge in [0.2, 0.25) is 0 Å². The van der Waals surface area contributed by atoms with Crippen LogP contribution < -0.4 is 4.74 Å². The Hall–Kier alpha value is -3.20. The third-order valence-corrected chi connectivity index (χ3v) is 5.24. The molecule has 1 saturated heterocycles. The summed E-state index contributed by atoms with van der Waals surface area (Å²) in [6, 6.07) is 11.5. The normalized spacial score (nSPS) is 15.7. The summed E-state index contributed by atoms with van der Waals surface area (Å²) in [5.74, 6) is 0.821. The highest BCUT2D eigenvalue weighted by Gasteiger charge is 2.31. The number of hydrogen-bond acceptors (Lipinski definition) is 5. The summed E-state index contributed by atoms with van der Waals surface area (Å²) < 4.78 is 49.3. The van der Waals surface area contributed by atoms with Crippen LogP contribution in [0.2, 0.25) is 0 Å². The first-order valence-corrected chi connectivity index (χ1v) is 9.56. The molecule has 0 atom stereocenters. The monoisotopic (exact) mass is 414 g/mol. The Morgan fingerprint density at radius 2 is 1.80 bits per heavy atom. The third kappa shape index (κ3) is 3.56. The van der Waals surface area contributed by atoms with Crippen molar-refractivity contribution < 1.29 is 22.6 Å². The minimum Gasteiger partial charge on any atom is -0.406 e. The van der Waals surface area contributed by atoms with Gasteiger partial charge >= 0.3 is 6.36 Å². The summed E-state index contributed by atoms with van der Waals surface area (Å²) in [5, 5.41) is 8.66. The molecule has 0 saturated carbocycles. The van der Waals surface area contributed by atoms with Gasteiger partial charge in [-0.1, -0.05) is 18.2 Å².